The highest BCUT2D eigenvalue weighted by atomic mass is 32.2. The van der Waals surface area contributed by atoms with Crippen molar-refractivity contribution in [1.82, 2.24) is 10.3 Å². The summed E-state index contributed by atoms with van der Waals surface area (Å²) in [4.78, 5) is 16.9. The number of hydrogen-bond acceptors (Lipinski definition) is 3. The third-order valence-electron chi connectivity index (χ3n) is 2.74. The maximum absolute atomic E-state index is 13.4. The first-order chi connectivity index (χ1) is 9.66. The van der Waals surface area contributed by atoms with E-state index in [4.69, 9.17) is 0 Å². The molecule has 0 saturated heterocycles. The number of pyridine rings is 1. The van der Waals surface area contributed by atoms with Crippen LogP contribution in [-0.2, 0) is 11.3 Å². The van der Waals surface area contributed by atoms with E-state index in [1.165, 1.54) is 17.8 Å². The normalized spacial score (nSPS) is 11.9. The van der Waals surface area contributed by atoms with Crippen molar-refractivity contribution >= 4 is 17.7 Å². The molecule has 1 aromatic carbocycles. The van der Waals surface area contributed by atoms with E-state index in [1.54, 1.807) is 30.6 Å². The Balaban J connectivity index is 1.87. The lowest BCUT2D eigenvalue weighted by molar-refractivity contribution is -0.120. The van der Waals surface area contributed by atoms with Crippen LogP contribution in [0.15, 0.2) is 53.7 Å². The smallest absolute Gasteiger partial charge is 0.233 e. The van der Waals surface area contributed by atoms with Crippen molar-refractivity contribution < 1.29 is 9.18 Å². The lowest BCUT2D eigenvalue weighted by Gasteiger charge is -2.12. The monoisotopic (exact) mass is 290 g/mol. The Morgan fingerprint density at radius 1 is 1.30 bits per heavy atom. The van der Waals surface area contributed by atoms with Crippen molar-refractivity contribution in [2.24, 2.45) is 0 Å². The molecule has 2 aromatic rings. The molecule has 1 N–H and O–H groups in total. The summed E-state index contributed by atoms with van der Waals surface area (Å²) in [6.07, 6.45) is 3.37. The summed E-state index contributed by atoms with van der Waals surface area (Å²) in [7, 11) is 0. The molecule has 0 fully saturated rings. The largest absolute Gasteiger partial charge is 0.351 e. The summed E-state index contributed by atoms with van der Waals surface area (Å²) in [5.41, 5.74) is 0.488. The van der Waals surface area contributed by atoms with Gasteiger partial charge in [0.25, 0.3) is 0 Å². The molecule has 0 bridgehead atoms. The number of nitrogens with one attached hydrogen (secondary N) is 1. The number of rotatable bonds is 5. The number of benzene rings is 1. The summed E-state index contributed by atoms with van der Waals surface area (Å²) in [5, 5.41) is 2.50. The van der Waals surface area contributed by atoms with Crippen LogP contribution in [0.3, 0.4) is 0 Å². The quantitative estimate of drug-likeness (QED) is 0.861. The molecule has 0 radical (unpaired) electrons. The molecule has 1 amide bonds. The first-order valence-electron chi connectivity index (χ1n) is 6.24. The zero-order valence-electron chi connectivity index (χ0n) is 11.0. The van der Waals surface area contributed by atoms with E-state index in [-0.39, 0.29) is 23.5 Å². The molecule has 1 atom stereocenters. The molecule has 1 aromatic heterocycles. The minimum absolute atomic E-state index is 0.116. The van der Waals surface area contributed by atoms with Crippen molar-refractivity contribution in [3.8, 4) is 0 Å². The molecule has 1 heterocycles. The first kappa shape index (κ1) is 14.5. The van der Waals surface area contributed by atoms with Crippen molar-refractivity contribution in [2.75, 3.05) is 0 Å². The van der Waals surface area contributed by atoms with Gasteiger partial charge in [0.05, 0.1) is 5.25 Å². The number of carbonyl (C=O) groups excluding carboxylic acids is 1. The third-order valence-corrected chi connectivity index (χ3v) is 3.85. The Kier molecular flexibility index (Phi) is 5.12. The fourth-order valence-electron chi connectivity index (χ4n) is 1.64. The number of halogens is 1. The standard InChI is InChI=1S/C15H15FN2OS/c1-11(20-13-6-8-17-9-7-13)15(19)18-10-12-4-2-3-5-14(12)16/h2-9,11H,10H2,1H3,(H,18,19)/t11-/m1/s1. The zero-order chi connectivity index (χ0) is 14.4. The van der Waals surface area contributed by atoms with Crippen LogP contribution in [0.1, 0.15) is 12.5 Å². The van der Waals surface area contributed by atoms with Gasteiger partial charge in [-0.15, -0.1) is 11.8 Å². The van der Waals surface area contributed by atoms with Crippen LogP contribution < -0.4 is 5.32 Å². The van der Waals surface area contributed by atoms with E-state index >= 15 is 0 Å². The first-order valence-corrected chi connectivity index (χ1v) is 7.12. The summed E-state index contributed by atoms with van der Waals surface area (Å²) in [6, 6.07) is 10.1. The number of carbonyl (C=O) groups is 1. The number of thioether (sulfide) groups is 1. The Morgan fingerprint density at radius 2 is 2.00 bits per heavy atom. The third kappa shape index (κ3) is 4.06. The van der Waals surface area contributed by atoms with Crippen molar-refractivity contribution in [3.63, 3.8) is 0 Å². The second kappa shape index (κ2) is 7.05. The van der Waals surface area contributed by atoms with E-state index in [0.717, 1.165) is 4.90 Å². The van der Waals surface area contributed by atoms with Crippen molar-refractivity contribution in [2.45, 2.75) is 23.6 Å². The van der Waals surface area contributed by atoms with Gasteiger partial charge in [0.2, 0.25) is 5.91 Å². The van der Waals surface area contributed by atoms with Gasteiger partial charge in [0.1, 0.15) is 5.82 Å². The van der Waals surface area contributed by atoms with E-state index < -0.39 is 0 Å². The number of nitrogens with zero attached hydrogens (tertiary/aromatic N) is 1. The predicted octanol–water partition coefficient (Wildman–Crippen LogP) is 3.02. The highest BCUT2D eigenvalue weighted by Crippen LogP contribution is 2.22. The number of amides is 1. The summed E-state index contributed by atoms with van der Waals surface area (Å²) in [6.45, 7) is 2.02. The minimum atomic E-state index is -0.303. The van der Waals surface area contributed by atoms with E-state index in [0.29, 0.717) is 5.56 Å². The average Bonchev–Trinajstić information content (AvgIpc) is 2.47. The van der Waals surface area contributed by atoms with Crippen molar-refractivity contribution in [1.29, 1.82) is 0 Å². The number of hydrogen-bond donors (Lipinski definition) is 1. The van der Waals surface area contributed by atoms with Crippen LogP contribution in [0.5, 0.6) is 0 Å². The average molecular weight is 290 g/mol. The van der Waals surface area contributed by atoms with Gasteiger partial charge < -0.3 is 5.32 Å². The van der Waals surface area contributed by atoms with Gasteiger partial charge >= 0.3 is 0 Å². The van der Waals surface area contributed by atoms with Gasteiger partial charge in [-0.2, -0.15) is 0 Å². The highest BCUT2D eigenvalue weighted by Gasteiger charge is 2.14. The lowest BCUT2D eigenvalue weighted by Crippen LogP contribution is -2.30. The molecular weight excluding hydrogens is 275 g/mol. The summed E-state index contributed by atoms with van der Waals surface area (Å²) in [5.74, 6) is -0.419. The van der Waals surface area contributed by atoms with Gasteiger partial charge in [-0.3, -0.25) is 9.78 Å². The Morgan fingerprint density at radius 3 is 2.70 bits per heavy atom. The Hall–Kier alpha value is -1.88. The van der Waals surface area contributed by atoms with Gasteiger partial charge in [0, 0.05) is 29.4 Å². The van der Waals surface area contributed by atoms with Crippen LogP contribution in [0, 0.1) is 5.82 Å². The molecule has 0 unspecified atom stereocenters. The molecule has 0 saturated carbocycles. The van der Waals surface area contributed by atoms with Crippen molar-refractivity contribution in [3.05, 3.63) is 60.2 Å². The van der Waals surface area contributed by atoms with Gasteiger partial charge in [-0.1, -0.05) is 18.2 Å². The van der Waals surface area contributed by atoms with Crippen LogP contribution in [0.4, 0.5) is 4.39 Å². The van der Waals surface area contributed by atoms with Gasteiger partial charge in [0.15, 0.2) is 0 Å². The maximum atomic E-state index is 13.4. The van der Waals surface area contributed by atoms with Crippen LogP contribution in [-0.4, -0.2) is 16.1 Å². The SMILES string of the molecule is C[C@@H](Sc1ccncc1)C(=O)NCc1ccccc1F. The van der Waals surface area contributed by atoms with Crippen LogP contribution >= 0.6 is 11.8 Å². The van der Waals surface area contributed by atoms with Crippen LogP contribution in [0.25, 0.3) is 0 Å². The molecule has 0 aliphatic rings. The Labute approximate surface area is 121 Å². The van der Waals surface area contributed by atoms with Gasteiger partial charge in [-0.25, -0.2) is 4.39 Å². The molecule has 20 heavy (non-hydrogen) atoms. The fraction of sp³-hybridized carbons (Fsp3) is 0.200. The van der Waals surface area contributed by atoms with Crippen LogP contribution in [0.2, 0.25) is 0 Å². The van der Waals surface area contributed by atoms with E-state index in [2.05, 4.69) is 10.3 Å². The molecular formula is C15H15FN2OS. The Bertz CT molecular complexity index is 577. The second-order valence-electron chi connectivity index (χ2n) is 4.25. The molecule has 0 spiro atoms. The summed E-state index contributed by atoms with van der Waals surface area (Å²) >= 11 is 1.45. The lowest BCUT2D eigenvalue weighted by atomic mass is 10.2. The second-order valence-corrected chi connectivity index (χ2v) is 5.67. The molecule has 5 heteroatoms. The van der Waals surface area contributed by atoms with E-state index in [1.807, 2.05) is 19.1 Å². The fourth-order valence-corrected chi connectivity index (χ4v) is 2.52. The molecule has 0 aliphatic heterocycles. The maximum Gasteiger partial charge on any atom is 0.233 e. The highest BCUT2D eigenvalue weighted by molar-refractivity contribution is 8.00. The minimum Gasteiger partial charge on any atom is -0.351 e. The molecule has 104 valence electrons. The van der Waals surface area contributed by atoms with E-state index in [9.17, 15) is 9.18 Å². The molecule has 3 nitrogen and oxygen atoms in total. The topological polar surface area (TPSA) is 42.0 Å². The molecule has 0 aliphatic carbocycles. The zero-order valence-corrected chi connectivity index (χ0v) is 11.9. The summed E-state index contributed by atoms with van der Waals surface area (Å²) < 4.78 is 13.4. The predicted molar refractivity (Wildman–Crippen MR) is 77.8 cm³/mol. The molecule has 2 rings (SSSR count). The number of aromatic nitrogens is 1. The van der Waals surface area contributed by atoms with Gasteiger partial charge in [-0.05, 0) is 25.1 Å².